The minimum atomic E-state index is 0.244. The summed E-state index contributed by atoms with van der Waals surface area (Å²) in [5, 5.41) is 7.68. The van der Waals surface area contributed by atoms with Gasteiger partial charge in [-0.05, 0) is 17.8 Å². The Bertz CT molecular complexity index is 328. The summed E-state index contributed by atoms with van der Waals surface area (Å²) in [5.41, 5.74) is 1.02. The van der Waals surface area contributed by atoms with E-state index in [1.165, 1.54) is 0 Å². The number of nitrogens with zero attached hydrogens (tertiary/aromatic N) is 2. The predicted octanol–water partition coefficient (Wildman–Crippen LogP) is 3.65. The zero-order chi connectivity index (χ0) is 12.0. The van der Waals surface area contributed by atoms with Gasteiger partial charge in [0.2, 0.25) is 0 Å². The van der Waals surface area contributed by atoms with E-state index in [0.717, 1.165) is 5.69 Å². The Hall–Kier alpha value is -1.51. The molecular weight excluding hydrogens is 198 g/mol. The molecule has 1 aromatic rings. The maximum absolute atomic E-state index is 4.45. The van der Waals surface area contributed by atoms with Gasteiger partial charge in [0.05, 0.1) is 0 Å². The molecule has 0 atom stereocenters. The topological polar surface area (TPSA) is 38.5 Å². The number of benzene rings is 1. The average molecular weight is 218 g/mol. The van der Waals surface area contributed by atoms with Crippen LogP contribution in [0.5, 0.6) is 0 Å². The molecule has 88 valence electrons. The molecule has 0 unspecified atom stereocenters. The van der Waals surface area contributed by atoms with Crippen molar-refractivity contribution < 1.29 is 0 Å². The van der Waals surface area contributed by atoms with E-state index in [0.29, 0.717) is 5.96 Å². The summed E-state index contributed by atoms with van der Waals surface area (Å²) in [7, 11) is 0. The quantitative estimate of drug-likeness (QED) is 0.610. The van der Waals surface area contributed by atoms with Gasteiger partial charge in [0.25, 0.3) is 0 Å². The summed E-state index contributed by atoms with van der Waals surface area (Å²) in [6, 6.07) is 10.5. The van der Waals surface area contributed by atoms with Gasteiger partial charge in [-0.3, -0.25) is 0 Å². The van der Waals surface area contributed by atoms with E-state index < -0.39 is 0 Å². The first-order chi connectivity index (χ1) is 7.58. The van der Waals surface area contributed by atoms with Crippen LogP contribution in [0.3, 0.4) is 0 Å². The molecule has 1 aromatic carbocycles. The van der Waals surface area contributed by atoms with Crippen molar-refractivity contribution in [1.82, 2.24) is 0 Å². The smallest absolute Gasteiger partial charge is 0.0109 e. The third kappa shape index (κ3) is 4.82. The second-order valence-corrected chi connectivity index (χ2v) is 4.26. The zero-order valence-electron chi connectivity index (χ0n) is 10.4. The van der Waals surface area contributed by atoms with Gasteiger partial charge >= 0.3 is 0 Å². The molecular formula is C13H20N3-. The summed E-state index contributed by atoms with van der Waals surface area (Å²) < 4.78 is 0. The Morgan fingerprint density at radius 1 is 1.12 bits per heavy atom. The van der Waals surface area contributed by atoms with Crippen molar-refractivity contribution in [3.63, 3.8) is 0 Å². The molecule has 0 fully saturated rings. The third-order valence-electron chi connectivity index (χ3n) is 1.79. The van der Waals surface area contributed by atoms with Crippen LogP contribution in [0.4, 0.5) is 5.69 Å². The number of hydrogen-bond donors (Lipinski definition) is 1. The van der Waals surface area contributed by atoms with E-state index in [2.05, 4.69) is 15.6 Å². The molecule has 0 spiro atoms. The van der Waals surface area contributed by atoms with Crippen molar-refractivity contribution in [3.05, 3.63) is 35.6 Å². The monoisotopic (exact) mass is 218 g/mol. The molecule has 0 saturated carbocycles. The van der Waals surface area contributed by atoms with Crippen molar-refractivity contribution >= 4 is 11.6 Å². The molecule has 0 saturated heterocycles. The maximum atomic E-state index is 4.45. The molecule has 1 rings (SSSR count). The number of anilines is 1. The van der Waals surface area contributed by atoms with Crippen LogP contribution in [0.15, 0.2) is 35.3 Å². The molecule has 0 aromatic heterocycles. The molecule has 0 bridgehead atoms. The van der Waals surface area contributed by atoms with Gasteiger partial charge in [0, 0.05) is 5.96 Å². The van der Waals surface area contributed by atoms with Crippen molar-refractivity contribution in [1.29, 1.82) is 0 Å². The number of hydrogen-bond acceptors (Lipinski definition) is 1. The van der Waals surface area contributed by atoms with Gasteiger partial charge in [0.15, 0.2) is 0 Å². The lowest BCUT2D eigenvalue weighted by atomic mass is 10.3. The maximum Gasteiger partial charge on any atom is 0.0109 e. The second kappa shape index (κ2) is 6.16. The average Bonchev–Trinajstić information content (AvgIpc) is 2.16. The highest BCUT2D eigenvalue weighted by atomic mass is 15.2. The van der Waals surface area contributed by atoms with Crippen LogP contribution in [0.25, 0.3) is 5.32 Å². The van der Waals surface area contributed by atoms with Crippen LogP contribution in [0.2, 0.25) is 0 Å². The number of aliphatic imine (C=N–C) groups is 1. The Morgan fingerprint density at radius 2 is 1.75 bits per heavy atom. The first-order valence-corrected chi connectivity index (χ1v) is 5.68. The molecule has 1 N–H and O–H groups in total. The predicted molar refractivity (Wildman–Crippen MR) is 71.1 cm³/mol. The van der Waals surface area contributed by atoms with Crippen LogP contribution in [0, 0.1) is 0 Å². The van der Waals surface area contributed by atoms with Crippen molar-refractivity contribution in [2.24, 2.45) is 4.99 Å². The van der Waals surface area contributed by atoms with E-state index in [1.807, 2.05) is 58.0 Å². The van der Waals surface area contributed by atoms with E-state index >= 15 is 0 Å². The highest BCUT2D eigenvalue weighted by Gasteiger charge is 1.94. The lowest BCUT2D eigenvalue weighted by molar-refractivity contribution is 0.831. The van der Waals surface area contributed by atoms with Crippen LogP contribution in [-0.2, 0) is 0 Å². The summed E-state index contributed by atoms with van der Waals surface area (Å²) in [5.74, 6) is 0.705. The number of guanidine groups is 1. The number of rotatable bonds is 3. The SMILES string of the molecule is CC(C)N=C([N-]C(C)C)Nc1ccccc1. The molecule has 0 aliphatic heterocycles. The number of nitrogens with one attached hydrogen (secondary N) is 1. The largest absolute Gasteiger partial charge is 0.412 e. The van der Waals surface area contributed by atoms with Crippen LogP contribution < -0.4 is 5.32 Å². The Kier molecular flexibility index (Phi) is 4.83. The normalized spacial score (nSPS) is 12.0. The van der Waals surface area contributed by atoms with Crippen LogP contribution in [-0.4, -0.2) is 18.0 Å². The van der Waals surface area contributed by atoms with Gasteiger partial charge in [-0.2, -0.15) is 0 Å². The van der Waals surface area contributed by atoms with Crippen molar-refractivity contribution in [3.8, 4) is 0 Å². The minimum absolute atomic E-state index is 0.244. The summed E-state index contributed by atoms with van der Waals surface area (Å²) in [6.07, 6.45) is 0. The lowest BCUT2D eigenvalue weighted by Crippen LogP contribution is -2.16. The van der Waals surface area contributed by atoms with Crippen molar-refractivity contribution in [2.75, 3.05) is 5.32 Å². The fourth-order valence-electron chi connectivity index (χ4n) is 1.24. The molecule has 0 aliphatic carbocycles. The Balaban J connectivity index is 2.71. The fraction of sp³-hybridized carbons (Fsp3) is 0.462. The van der Waals surface area contributed by atoms with E-state index in [1.54, 1.807) is 0 Å². The molecule has 0 heterocycles. The van der Waals surface area contributed by atoms with Gasteiger partial charge in [0.1, 0.15) is 0 Å². The molecule has 0 aliphatic rings. The Labute approximate surface area is 98.0 Å². The molecule has 3 nitrogen and oxygen atoms in total. The summed E-state index contributed by atoms with van der Waals surface area (Å²) in [4.78, 5) is 4.45. The lowest BCUT2D eigenvalue weighted by Gasteiger charge is -2.24. The van der Waals surface area contributed by atoms with Gasteiger partial charge in [-0.15, -0.1) is 0 Å². The van der Waals surface area contributed by atoms with E-state index in [4.69, 9.17) is 0 Å². The minimum Gasteiger partial charge on any atom is -0.412 e. The molecule has 3 heteroatoms. The van der Waals surface area contributed by atoms with Gasteiger partial charge in [-0.1, -0.05) is 58.0 Å². The third-order valence-corrected chi connectivity index (χ3v) is 1.79. The summed E-state index contributed by atoms with van der Waals surface area (Å²) >= 11 is 0. The fourth-order valence-corrected chi connectivity index (χ4v) is 1.24. The van der Waals surface area contributed by atoms with Crippen LogP contribution >= 0.6 is 0 Å². The Morgan fingerprint density at radius 3 is 2.25 bits per heavy atom. The van der Waals surface area contributed by atoms with Gasteiger partial charge in [-0.25, -0.2) is 0 Å². The zero-order valence-corrected chi connectivity index (χ0v) is 10.4. The highest BCUT2D eigenvalue weighted by Crippen LogP contribution is 2.10. The van der Waals surface area contributed by atoms with E-state index in [-0.39, 0.29) is 12.1 Å². The summed E-state index contributed by atoms with van der Waals surface area (Å²) in [6.45, 7) is 8.18. The van der Waals surface area contributed by atoms with Crippen molar-refractivity contribution in [2.45, 2.75) is 39.8 Å². The number of para-hydroxylation sites is 1. The van der Waals surface area contributed by atoms with E-state index in [9.17, 15) is 0 Å². The molecule has 16 heavy (non-hydrogen) atoms. The first kappa shape index (κ1) is 12.6. The standard InChI is InChI=1S/C13H20N3/c1-10(2)14-13(15-11(3)4)16-12-8-6-5-7-9-12/h5-11H,1-4H3,(H-,14,15,16)/q-1. The van der Waals surface area contributed by atoms with Gasteiger partial charge < -0.3 is 15.6 Å². The highest BCUT2D eigenvalue weighted by molar-refractivity contribution is 6.03. The molecule has 0 amide bonds. The first-order valence-electron chi connectivity index (χ1n) is 5.68. The second-order valence-electron chi connectivity index (χ2n) is 4.26. The van der Waals surface area contributed by atoms with Crippen LogP contribution in [0.1, 0.15) is 27.7 Å². The molecule has 0 radical (unpaired) electrons.